The van der Waals surface area contributed by atoms with Crippen LogP contribution in [0.1, 0.15) is 31.2 Å². The summed E-state index contributed by atoms with van der Waals surface area (Å²) in [7, 11) is 3.59. The van der Waals surface area contributed by atoms with Crippen LogP contribution >= 0.6 is 24.0 Å². The number of halogens is 2. The van der Waals surface area contributed by atoms with E-state index in [1.54, 1.807) is 25.2 Å². The molecule has 1 aromatic heterocycles. The molecule has 0 fully saturated rings. The first kappa shape index (κ1) is 22.2. The molecule has 0 radical (unpaired) electrons. The molecule has 0 atom stereocenters. The molecule has 26 heavy (non-hydrogen) atoms. The number of guanidine groups is 1. The molecule has 0 saturated heterocycles. The number of nitrogens with one attached hydrogen (secondary N) is 1. The van der Waals surface area contributed by atoms with Gasteiger partial charge < -0.3 is 19.5 Å². The summed E-state index contributed by atoms with van der Waals surface area (Å²) in [6, 6.07) is 8.30. The Bertz CT molecular complexity index is 706. The molecule has 0 saturated carbocycles. The van der Waals surface area contributed by atoms with Gasteiger partial charge in [-0.1, -0.05) is 31.1 Å². The second-order valence-corrected chi connectivity index (χ2v) is 5.97. The molecule has 0 unspecified atom stereocenters. The molecule has 0 spiro atoms. The predicted molar refractivity (Wildman–Crippen MR) is 111 cm³/mol. The van der Waals surface area contributed by atoms with E-state index < -0.39 is 0 Å². The minimum Gasteiger partial charge on any atom is -0.489 e. The summed E-state index contributed by atoms with van der Waals surface area (Å²) in [5, 5.41) is 7.24. The van der Waals surface area contributed by atoms with E-state index >= 15 is 0 Å². The van der Waals surface area contributed by atoms with Crippen molar-refractivity contribution in [2.45, 2.75) is 26.3 Å². The van der Waals surface area contributed by atoms with E-state index in [-0.39, 0.29) is 35.5 Å². The van der Waals surface area contributed by atoms with Gasteiger partial charge in [0.25, 0.3) is 0 Å². The van der Waals surface area contributed by atoms with Gasteiger partial charge >= 0.3 is 0 Å². The minimum atomic E-state index is -0.362. The molecule has 1 aromatic carbocycles. The van der Waals surface area contributed by atoms with Gasteiger partial charge in [-0.15, -0.1) is 24.0 Å². The Hall–Kier alpha value is -1.84. The number of nitrogens with zero attached hydrogens (tertiary/aromatic N) is 3. The lowest BCUT2D eigenvalue weighted by atomic mass is 10.1. The van der Waals surface area contributed by atoms with Crippen LogP contribution in [0.3, 0.4) is 0 Å². The number of aliphatic imine (C=N–C) groups is 1. The second-order valence-electron chi connectivity index (χ2n) is 5.97. The first-order chi connectivity index (χ1) is 12.0. The Labute approximate surface area is 170 Å². The van der Waals surface area contributed by atoms with Crippen LogP contribution in [0.4, 0.5) is 4.39 Å². The molecule has 0 amide bonds. The van der Waals surface area contributed by atoms with Crippen LogP contribution in [0.2, 0.25) is 0 Å². The molecule has 0 aliphatic rings. The largest absolute Gasteiger partial charge is 0.489 e. The first-order valence-electron chi connectivity index (χ1n) is 8.26. The first-order valence-corrected chi connectivity index (χ1v) is 8.26. The monoisotopic (exact) mass is 476 g/mol. The summed E-state index contributed by atoms with van der Waals surface area (Å²) in [4.78, 5) is 6.13. The van der Waals surface area contributed by atoms with Crippen molar-refractivity contribution < 1.29 is 13.7 Å². The highest BCUT2D eigenvalue weighted by Gasteiger charge is 2.10. The van der Waals surface area contributed by atoms with E-state index in [1.165, 1.54) is 6.07 Å². The average molecular weight is 476 g/mol. The third-order valence-corrected chi connectivity index (χ3v) is 3.68. The number of benzene rings is 1. The summed E-state index contributed by atoms with van der Waals surface area (Å²) in [6.45, 7) is 5.53. The molecule has 0 bridgehead atoms. The Kier molecular flexibility index (Phi) is 9.39. The van der Waals surface area contributed by atoms with Crippen molar-refractivity contribution in [2.75, 3.05) is 27.2 Å². The Morgan fingerprint density at radius 2 is 2.12 bits per heavy atom. The van der Waals surface area contributed by atoms with E-state index in [2.05, 4.69) is 29.3 Å². The molecule has 2 aromatic rings. The highest BCUT2D eigenvalue weighted by molar-refractivity contribution is 14.0. The molecule has 0 aliphatic heterocycles. The molecule has 1 N–H and O–H groups in total. The average Bonchev–Trinajstić information content (AvgIpc) is 3.06. The van der Waals surface area contributed by atoms with Crippen LogP contribution in [0.15, 0.2) is 39.8 Å². The maximum Gasteiger partial charge on any atom is 0.193 e. The van der Waals surface area contributed by atoms with E-state index in [9.17, 15) is 4.39 Å². The fourth-order valence-corrected chi connectivity index (χ4v) is 2.20. The quantitative estimate of drug-likeness (QED) is 0.376. The fourth-order valence-electron chi connectivity index (χ4n) is 2.20. The Morgan fingerprint density at radius 3 is 2.73 bits per heavy atom. The van der Waals surface area contributed by atoms with Crippen LogP contribution in [-0.4, -0.2) is 43.3 Å². The van der Waals surface area contributed by atoms with Crippen molar-refractivity contribution in [2.24, 2.45) is 4.99 Å². The zero-order valence-electron chi connectivity index (χ0n) is 15.5. The van der Waals surface area contributed by atoms with Gasteiger partial charge in [0, 0.05) is 20.2 Å². The lowest BCUT2D eigenvalue weighted by Crippen LogP contribution is -2.40. The molecule has 8 heteroatoms. The van der Waals surface area contributed by atoms with Crippen LogP contribution in [0, 0.1) is 5.82 Å². The fraction of sp³-hybridized carbons (Fsp3) is 0.444. The van der Waals surface area contributed by atoms with Gasteiger partial charge in [-0.05, 0) is 18.1 Å². The number of hydrogen-bond donors (Lipinski definition) is 1. The normalized spacial score (nSPS) is 11.2. The zero-order valence-corrected chi connectivity index (χ0v) is 17.9. The molecule has 6 nitrogen and oxygen atoms in total. The molecule has 0 aliphatic carbocycles. The molecule has 2 rings (SSSR count). The summed E-state index contributed by atoms with van der Waals surface area (Å²) in [6.07, 6.45) is 0. The van der Waals surface area contributed by atoms with E-state index in [1.807, 2.05) is 18.0 Å². The van der Waals surface area contributed by atoms with Crippen LogP contribution in [-0.2, 0) is 6.54 Å². The van der Waals surface area contributed by atoms with E-state index in [0.717, 1.165) is 11.5 Å². The van der Waals surface area contributed by atoms with E-state index in [4.69, 9.17) is 9.26 Å². The zero-order chi connectivity index (χ0) is 18.2. The van der Waals surface area contributed by atoms with E-state index in [0.29, 0.717) is 31.6 Å². The molecule has 1 heterocycles. The van der Waals surface area contributed by atoms with Crippen molar-refractivity contribution in [3.05, 3.63) is 47.6 Å². The molecular formula is C18H26FIN4O2. The van der Waals surface area contributed by atoms with Crippen molar-refractivity contribution in [3.8, 4) is 5.75 Å². The standard InChI is InChI=1S/C18H25FN4O2.HI/c1-13(2)16-11-14(25-22-16)12-21-18(20-3)23(4)9-10-24-17-8-6-5-7-15(17)19;/h5-8,11,13H,9-10,12H2,1-4H3,(H,20,21);1H. The van der Waals surface area contributed by atoms with Crippen molar-refractivity contribution in [3.63, 3.8) is 0 Å². The number of likely N-dealkylation sites (N-methyl/N-ethyl adjacent to an activating group) is 1. The van der Waals surface area contributed by atoms with Crippen molar-refractivity contribution in [1.29, 1.82) is 0 Å². The number of aromatic nitrogens is 1. The summed E-state index contributed by atoms with van der Waals surface area (Å²) >= 11 is 0. The van der Waals surface area contributed by atoms with Gasteiger partial charge in [-0.2, -0.15) is 0 Å². The Morgan fingerprint density at radius 1 is 1.38 bits per heavy atom. The SMILES string of the molecule is CN=C(NCc1cc(C(C)C)no1)N(C)CCOc1ccccc1F.I. The summed E-state index contributed by atoms with van der Waals surface area (Å²) in [5.41, 5.74) is 0.929. The third-order valence-electron chi connectivity index (χ3n) is 3.68. The van der Waals surface area contributed by atoms with Crippen molar-refractivity contribution >= 4 is 29.9 Å². The number of rotatable bonds is 7. The lowest BCUT2D eigenvalue weighted by molar-refractivity contribution is 0.269. The smallest absolute Gasteiger partial charge is 0.193 e. The molecular weight excluding hydrogens is 450 g/mol. The van der Waals surface area contributed by atoms with Gasteiger partial charge in [0.05, 0.1) is 18.8 Å². The third kappa shape index (κ3) is 6.47. The summed E-state index contributed by atoms with van der Waals surface area (Å²) in [5.74, 6) is 1.66. The maximum atomic E-state index is 13.5. The maximum absolute atomic E-state index is 13.5. The number of para-hydroxylation sites is 1. The summed E-state index contributed by atoms with van der Waals surface area (Å²) < 4.78 is 24.3. The van der Waals surface area contributed by atoms with Gasteiger partial charge in [-0.25, -0.2) is 4.39 Å². The number of hydrogen-bond acceptors (Lipinski definition) is 4. The van der Waals surface area contributed by atoms with Crippen LogP contribution < -0.4 is 10.1 Å². The molecule has 144 valence electrons. The van der Waals surface area contributed by atoms with Gasteiger partial charge in [0.1, 0.15) is 6.61 Å². The van der Waals surface area contributed by atoms with Gasteiger partial charge in [0.2, 0.25) is 0 Å². The number of ether oxygens (including phenoxy) is 1. The highest BCUT2D eigenvalue weighted by atomic mass is 127. The lowest BCUT2D eigenvalue weighted by Gasteiger charge is -2.21. The Balaban J connectivity index is 0.00000338. The van der Waals surface area contributed by atoms with Crippen LogP contribution in [0.5, 0.6) is 5.75 Å². The van der Waals surface area contributed by atoms with Gasteiger partial charge in [0.15, 0.2) is 23.3 Å². The van der Waals surface area contributed by atoms with Crippen molar-refractivity contribution in [1.82, 2.24) is 15.4 Å². The topological polar surface area (TPSA) is 62.9 Å². The minimum absolute atomic E-state index is 0. The van der Waals surface area contributed by atoms with Crippen LogP contribution in [0.25, 0.3) is 0 Å². The predicted octanol–water partition coefficient (Wildman–Crippen LogP) is 3.64. The second kappa shape index (κ2) is 11.0. The highest BCUT2D eigenvalue weighted by Crippen LogP contribution is 2.15. The van der Waals surface area contributed by atoms with Gasteiger partial charge in [-0.3, -0.25) is 4.99 Å².